The molecule has 0 aromatic carbocycles. The number of rotatable bonds is 0. The van der Waals surface area contributed by atoms with Crippen molar-refractivity contribution >= 4 is 11.8 Å². The van der Waals surface area contributed by atoms with Gasteiger partial charge in [-0.2, -0.15) is 0 Å². The molecule has 0 aromatic heterocycles. The third-order valence-corrected chi connectivity index (χ3v) is 3.15. The summed E-state index contributed by atoms with van der Waals surface area (Å²) < 4.78 is 0. The van der Waals surface area contributed by atoms with E-state index in [0.29, 0.717) is 12.8 Å². The standard InChI is InChI=1S/C11H21N3O2/c1-10(2)5-7(12)6-11(3,4)14(10)9(16)8(13)15/h7H,5-6,12H2,1-4H3,(H2,13,15). The fourth-order valence-electron chi connectivity index (χ4n) is 3.02. The van der Waals surface area contributed by atoms with Crippen LogP contribution in [0.4, 0.5) is 0 Å². The number of carbonyl (C=O) groups is 2. The molecule has 1 aliphatic heterocycles. The van der Waals surface area contributed by atoms with Gasteiger partial charge in [-0.15, -0.1) is 0 Å². The van der Waals surface area contributed by atoms with Gasteiger partial charge in [0.15, 0.2) is 0 Å². The average Bonchev–Trinajstić information content (AvgIpc) is 1.96. The van der Waals surface area contributed by atoms with Gasteiger partial charge in [0.05, 0.1) is 0 Å². The molecule has 16 heavy (non-hydrogen) atoms. The van der Waals surface area contributed by atoms with Crippen LogP contribution in [0.15, 0.2) is 0 Å². The third kappa shape index (κ3) is 2.19. The van der Waals surface area contributed by atoms with Crippen LogP contribution in [-0.4, -0.2) is 33.8 Å². The van der Waals surface area contributed by atoms with E-state index in [1.807, 2.05) is 27.7 Å². The summed E-state index contributed by atoms with van der Waals surface area (Å²) in [6.07, 6.45) is 1.35. The lowest BCUT2D eigenvalue weighted by Gasteiger charge is -2.54. The Morgan fingerprint density at radius 3 is 1.81 bits per heavy atom. The molecule has 5 heteroatoms. The summed E-state index contributed by atoms with van der Waals surface area (Å²) >= 11 is 0. The number of likely N-dealkylation sites (tertiary alicyclic amines) is 1. The largest absolute Gasteiger partial charge is 0.361 e. The van der Waals surface area contributed by atoms with Gasteiger partial charge in [0.1, 0.15) is 0 Å². The predicted molar refractivity (Wildman–Crippen MR) is 61.4 cm³/mol. The van der Waals surface area contributed by atoms with Gasteiger partial charge in [-0.25, -0.2) is 0 Å². The highest BCUT2D eigenvalue weighted by atomic mass is 16.2. The van der Waals surface area contributed by atoms with E-state index in [9.17, 15) is 9.59 Å². The van der Waals surface area contributed by atoms with Gasteiger partial charge in [0.25, 0.3) is 0 Å². The van der Waals surface area contributed by atoms with Gasteiger partial charge < -0.3 is 16.4 Å². The van der Waals surface area contributed by atoms with E-state index in [1.54, 1.807) is 4.90 Å². The van der Waals surface area contributed by atoms with Crippen LogP contribution in [0, 0.1) is 0 Å². The Hall–Kier alpha value is -1.10. The molecule has 0 unspecified atom stereocenters. The molecule has 1 aliphatic rings. The highest BCUT2D eigenvalue weighted by Gasteiger charge is 2.47. The second-order valence-electron chi connectivity index (χ2n) is 5.80. The first-order valence-electron chi connectivity index (χ1n) is 5.47. The second-order valence-corrected chi connectivity index (χ2v) is 5.80. The van der Waals surface area contributed by atoms with Crippen molar-refractivity contribution < 1.29 is 9.59 Å². The normalized spacial score (nSPS) is 24.2. The van der Waals surface area contributed by atoms with Gasteiger partial charge in [0.2, 0.25) is 0 Å². The van der Waals surface area contributed by atoms with E-state index >= 15 is 0 Å². The maximum atomic E-state index is 11.8. The predicted octanol–water partition coefficient (Wildman–Crippen LogP) is -0.0214. The maximum absolute atomic E-state index is 11.8. The molecule has 0 aliphatic carbocycles. The summed E-state index contributed by atoms with van der Waals surface area (Å²) in [6, 6.07) is 0.0435. The molecule has 0 saturated carbocycles. The Morgan fingerprint density at radius 2 is 1.50 bits per heavy atom. The third-order valence-electron chi connectivity index (χ3n) is 3.15. The first-order valence-corrected chi connectivity index (χ1v) is 5.47. The molecule has 1 saturated heterocycles. The van der Waals surface area contributed by atoms with E-state index in [1.165, 1.54) is 0 Å². The fourth-order valence-corrected chi connectivity index (χ4v) is 3.02. The number of primary amides is 1. The number of carbonyl (C=O) groups excluding carboxylic acids is 2. The van der Waals surface area contributed by atoms with Crippen molar-refractivity contribution in [2.24, 2.45) is 11.5 Å². The summed E-state index contributed by atoms with van der Waals surface area (Å²) in [7, 11) is 0. The summed E-state index contributed by atoms with van der Waals surface area (Å²) in [5.41, 5.74) is 10.2. The van der Waals surface area contributed by atoms with Crippen LogP contribution in [0.5, 0.6) is 0 Å². The van der Waals surface area contributed by atoms with Gasteiger partial charge in [-0.3, -0.25) is 9.59 Å². The molecule has 4 N–H and O–H groups in total. The first-order chi connectivity index (χ1) is 7.08. The highest BCUT2D eigenvalue weighted by Crippen LogP contribution is 2.37. The Morgan fingerprint density at radius 1 is 1.12 bits per heavy atom. The first kappa shape index (κ1) is 13.0. The van der Waals surface area contributed by atoms with Gasteiger partial charge in [0, 0.05) is 17.1 Å². The monoisotopic (exact) mass is 227 g/mol. The molecule has 1 heterocycles. The zero-order valence-corrected chi connectivity index (χ0v) is 10.4. The Labute approximate surface area is 96.1 Å². The van der Waals surface area contributed by atoms with Crippen molar-refractivity contribution in [2.45, 2.75) is 57.7 Å². The molecule has 1 fully saturated rings. The smallest absolute Gasteiger partial charge is 0.312 e. The van der Waals surface area contributed by atoms with Gasteiger partial charge in [-0.1, -0.05) is 0 Å². The number of nitrogens with zero attached hydrogens (tertiary/aromatic N) is 1. The van der Waals surface area contributed by atoms with Crippen LogP contribution >= 0.6 is 0 Å². The molecule has 5 nitrogen and oxygen atoms in total. The Balaban J connectivity index is 3.11. The van der Waals surface area contributed by atoms with Crippen LogP contribution in [0.2, 0.25) is 0 Å². The lowest BCUT2D eigenvalue weighted by Crippen LogP contribution is -2.66. The molecular weight excluding hydrogens is 206 g/mol. The number of hydrogen-bond donors (Lipinski definition) is 2. The Bertz CT molecular complexity index is 305. The van der Waals surface area contributed by atoms with Crippen LogP contribution in [0.1, 0.15) is 40.5 Å². The van der Waals surface area contributed by atoms with Crippen LogP contribution in [0.25, 0.3) is 0 Å². The minimum atomic E-state index is -0.906. The molecular formula is C11H21N3O2. The summed E-state index contributed by atoms with van der Waals surface area (Å²) in [5.74, 6) is -1.53. The van der Waals surface area contributed by atoms with Gasteiger partial charge in [-0.05, 0) is 40.5 Å². The zero-order valence-electron chi connectivity index (χ0n) is 10.4. The lowest BCUT2D eigenvalue weighted by atomic mass is 9.77. The van der Waals surface area contributed by atoms with Crippen LogP contribution in [-0.2, 0) is 9.59 Å². The Kier molecular flexibility index (Phi) is 3.02. The van der Waals surface area contributed by atoms with Crippen molar-refractivity contribution in [2.75, 3.05) is 0 Å². The topological polar surface area (TPSA) is 89.4 Å². The number of amides is 2. The van der Waals surface area contributed by atoms with Crippen molar-refractivity contribution in [1.82, 2.24) is 4.90 Å². The van der Waals surface area contributed by atoms with E-state index < -0.39 is 22.9 Å². The molecule has 0 spiro atoms. The number of nitrogens with two attached hydrogens (primary N) is 2. The maximum Gasteiger partial charge on any atom is 0.312 e. The lowest BCUT2D eigenvalue weighted by molar-refractivity contribution is -0.157. The van der Waals surface area contributed by atoms with E-state index in [-0.39, 0.29) is 6.04 Å². The van der Waals surface area contributed by atoms with Crippen molar-refractivity contribution in [3.63, 3.8) is 0 Å². The fraction of sp³-hybridized carbons (Fsp3) is 0.818. The van der Waals surface area contributed by atoms with Crippen molar-refractivity contribution in [1.29, 1.82) is 0 Å². The van der Waals surface area contributed by atoms with Crippen LogP contribution in [0.3, 0.4) is 0 Å². The summed E-state index contributed by atoms with van der Waals surface area (Å²) in [5, 5.41) is 0. The minimum Gasteiger partial charge on any atom is -0.361 e. The second kappa shape index (κ2) is 3.73. The minimum absolute atomic E-state index is 0.0435. The molecule has 1 rings (SSSR count). The molecule has 0 bridgehead atoms. The van der Waals surface area contributed by atoms with Crippen molar-refractivity contribution in [3.8, 4) is 0 Å². The van der Waals surface area contributed by atoms with Crippen molar-refractivity contribution in [3.05, 3.63) is 0 Å². The number of hydrogen-bond acceptors (Lipinski definition) is 3. The summed E-state index contributed by atoms with van der Waals surface area (Å²) in [6.45, 7) is 7.65. The quantitative estimate of drug-likeness (QED) is 0.570. The molecule has 0 atom stereocenters. The van der Waals surface area contributed by atoms with E-state index in [2.05, 4.69) is 0 Å². The zero-order chi connectivity index (χ0) is 12.7. The molecule has 92 valence electrons. The summed E-state index contributed by atoms with van der Waals surface area (Å²) in [4.78, 5) is 24.5. The molecule has 0 aromatic rings. The SMILES string of the molecule is CC1(C)CC(N)CC(C)(C)N1C(=O)C(N)=O. The molecule has 2 amide bonds. The molecule has 0 radical (unpaired) electrons. The van der Waals surface area contributed by atoms with Gasteiger partial charge >= 0.3 is 11.8 Å². The van der Waals surface area contributed by atoms with E-state index in [4.69, 9.17) is 11.5 Å². The number of piperidine rings is 1. The van der Waals surface area contributed by atoms with Crippen LogP contribution < -0.4 is 11.5 Å². The average molecular weight is 227 g/mol. The van der Waals surface area contributed by atoms with E-state index in [0.717, 1.165) is 0 Å². The highest BCUT2D eigenvalue weighted by molar-refractivity contribution is 6.34.